The van der Waals surface area contributed by atoms with Crippen LogP contribution in [0.25, 0.3) is 6.08 Å². The van der Waals surface area contributed by atoms with Crippen molar-refractivity contribution in [2.45, 2.75) is 32.6 Å². The molecule has 1 aromatic carbocycles. The Labute approximate surface area is 124 Å². The van der Waals surface area contributed by atoms with E-state index in [1.165, 1.54) is 0 Å². The second-order valence-electron chi connectivity index (χ2n) is 6.06. The van der Waals surface area contributed by atoms with Crippen LogP contribution >= 0.6 is 0 Å². The first-order valence-electron chi connectivity index (χ1n) is 7.27. The number of ketones is 2. The smallest absolute Gasteiger partial charge is 0.168 e. The lowest BCUT2D eigenvalue weighted by Gasteiger charge is -2.38. The molecule has 2 aliphatic carbocycles. The molecule has 0 bridgehead atoms. The fraction of sp³-hybridized carbons (Fsp3) is 0.333. The van der Waals surface area contributed by atoms with Crippen LogP contribution in [0.5, 0.6) is 5.75 Å². The molecule has 3 rings (SSSR count). The Morgan fingerprint density at radius 1 is 1.19 bits per heavy atom. The van der Waals surface area contributed by atoms with Crippen LogP contribution in [0.2, 0.25) is 0 Å². The molecule has 1 unspecified atom stereocenters. The molecule has 21 heavy (non-hydrogen) atoms. The van der Waals surface area contributed by atoms with E-state index in [0.29, 0.717) is 19.3 Å². The summed E-state index contributed by atoms with van der Waals surface area (Å²) < 4.78 is 0. The Balaban J connectivity index is 1.96. The van der Waals surface area contributed by atoms with Crippen LogP contribution < -0.4 is 0 Å². The van der Waals surface area contributed by atoms with Crippen molar-refractivity contribution in [2.75, 3.05) is 0 Å². The van der Waals surface area contributed by atoms with Gasteiger partial charge >= 0.3 is 0 Å². The van der Waals surface area contributed by atoms with Crippen LogP contribution in [0.15, 0.2) is 41.5 Å². The van der Waals surface area contributed by atoms with Gasteiger partial charge in [-0.25, -0.2) is 0 Å². The average molecular weight is 282 g/mol. The van der Waals surface area contributed by atoms with E-state index in [4.69, 9.17) is 0 Å². The number of phenols is 1. The van der Waals surface area contributed by atoms with E-state index < -0.39 is 5.41 Å². The second-order valence-corrected chi connectivity index (χ2v) is 6.06. The van der Waals surface area contributed by atoms with Gasteiger partial charge in [0.05, 0.1) is 5.41 Å². The number of aromatic hydroxyl groups is 1. The molecular weight excluding hydrogens is 264 g/mol. The van der Waals surface area contributed by atoms with E-state index >= 15 is 0 Å². The SMILES string of the molecule is CC12CCC(=O)C=C1CCC(=Cc1cccc(O)c1)C2=O. The Hall–Kier alpha value is -2.16. The Morgan fingerprint density at radius 2 is 2.00 bits per heavy atom. The van der Waals surface area contributed by atoms with Gasteiger partial charge in [-0.2, -0.15) is 0 Å². The third-order valence-corrected chi connectivity index (χ3v) is 4.58. The predicted octanol–water partition coefficient (Wildman–Crippen LogP) is 3.43. The minimum atomic E-state index is -0.519. The Bertz CT molecular complexity index is 681. The number of allylic oxidation sites excluding steroid dienone is 3. The van der Waals surface area contributed by atoms with Crippen LogP contribution in [-0.2, 0) is 9.59 Å². The van der Waals surface area contributed by atoms with Crippen molar-refractivity contribution in [2.24, 2.45) is 5.41 Å². The maximum absolute atomic E-state index is 12.8. The number of Topliss-reactive ketones (excluding diaryl/α,β-unsaturated/α-hetero) is 1. The molecule has 1 fully saturated rings. The number of carbonyl (C=O) groups is 2. The molecule has 3 nitrogen and oxygen atoms in total. The number of fused-ring (bicyclic) bond motifs is 1. The first-order chi connectivity index (χ1) is 9.99. The van der Waals surface area contributed by atoms with Crippen molar-refractivity contribution in [1.29, 1.82) is 0 Å². The van der Waals surface area contributed by atoms with Crippen LogP contribution in [0, 0.1) is 5.41 Å². The van der Waals surface area contributed by atoms with Crippen LogP contribution in [0.3, 0.4) is 0 Å². The Kier molecular flexibility index (Phi) is 3.28. The monoisotopic (exact) mass is 282 g/mol. The first kappa shape index (κ1) is 13.8. The maximum atomic E-state index is 12.8. The van der Waals surface area contributed by atoms with Gasteiger partial charge in [0.2, 0.25) is 0 Å². The summed E-state index contributed by atoms with van der Waals surface area (Å²) in [4.78, 5) is 24.3. The first-order valence-corrected chi connectivity index (χ1v) is 7.27. The lowest BCUT2D eigenvalue weighted by molar-refractivity contribution is -0.125. The molecule has 1 aromatic rings. The highest BCUT2D eigenvalue weighted by molar-refractivity contribution is 6.08. The van der Waals surface area contributed by atoms with E-state index in [1.54, 1.807) is 24.3 Å². The normalized spacial score (nSPS) is 27.5. The molecule has 0 aliphatic heterocycles. The molecule has 0 amide bonds. The molecule has 1 atom stereocenters. The zero-order valence-electron chi connectivity index (χ0n) is 12.1. The summed E-state index contributed by atoms with van der Waals surface area (Å²) in [5.41, 5.74) is 2.09. The fourth-order valence-electron chi connectivity index (χ4n) is 3.26. The number of hydrogen-bond donors (Lipinski definition) is 1. The summed E-state index contributed by atoms with van der Waals surface area (Å²) in [6.07, 6.45) is 6.01. The van der Waals surface area contributed by atoms with Crippen molar-refractivity contribution in [1.82, 2.24) is 0 Å². The van der Waals surface area contributed by atoms with E-state index in [-0.39, 0.29) is 17.3 Å². The van der Waals surface area contributed by atoms with E-state index in [1.807, 2.05) is 19.1 Å². The standard InChI is InChI=1S/C18H18O3/c1-18-8-7-16(20)11-14(18)6-5-13(17(18)21)9-12-3-2-4-15(19)10-12/h2-4,9-11,19H,5-8H2,1H3. The molecule has 1 saturated carbocycles. The molecule has 108 valence electrons. The highest BCUT2D eigenvalue weighted by Gasteiger charge is 2.43. The summed E-state index contributed by atoms with van der Waals surface area (Å²) in [6.45, 7) is 1.95. The van der Waals surface area contributed by atoms with Gasteiger partial charge in [-0.3, -0.25) is 9.59 Å². The average Bonchev–Trinajstić information content (AvgIpc) is 2.45. The number of rotatable bonds is 1. The third-order valence-electron chi connectivity index (χ3n) is 4.58. The topological polar surface area (TPSA) is 54.4 Å². The number of hydrogen-bond acceptors (Lipinski definition) is 3. The van der Waals surface area contributed by atoms with Crippen molar-refractivity contribution < 1.29 is 14.7 Å². The van der Waals surface area contributed by atoms with Crippen molar-refractivity contribution in [3.05, 3.63) is 47.1 Å². The molecule has 1 N–H and O–H groups in total. The molecule has 0 aromatic heterocycles. The molecule has 0 spiro atoms. The Morgan fingerprint density at radius 3 is 2.76 bits per heavy atom. The zero-order chi connectivity index (χ0) is 15.0. The van der Waals surface area contributed by atoms with Crippen molar-refractivity contribution >= 4 is 17.6 Å². The number of benzene rings is 1. The van der Waals surface area contributed by atoms with Gasteiger partial charge in [-0.05, 0) is 61.6 Å². The number of carbonyl (C=O) groups excluding carboxylic acids is 2. The van der Waals surface area contributed by atoms with Crippen LogP contribution in [0.4, 0.5) is 0 Å². The molecule has 0 saturated heterocycles. The summed E-state index contributed by atoms with van der Waals surface area (Å²) >= 11 is 0. The maximum Gasteiger partial charge on any atom is 0.168 e. The van der Waals surface area contributed by atoms with Gasteiger partial charge in [-0.15, -0.1) is 0 Å². The quantitative estimate of drug-likeness (QED) is 0.803. The predicted molar refractivity (Wildman–Crippen MR) is 80.8 cm³/mol. The van der Waals surface area contributed by atoms with Crippen molar-refractivity contribution in [3.8, 4) is 5.75 Å². The molecule has 3 heteroatoms. The summed E-state index contributed by atoms with van der Waals surface area (Å²) in [6, 6.07) is 6.90. The number of phenolic OH excluding ortho intramolecular Hbond substituents is 1. The van der Waals surface area contributed by atoms with Gasteiger partial charge in [0.15, 0.2) is 11.6 Å². The fourth-order valence-corrected chi connectivity index (χ4v) is 3.26. The lowest BCUT2D eigenvalue weighted by Crippen LogP contribution is -2.38. The van der Waals surface area contributed by atoms with Gasteiger partial charge in [0.1, 0.15) is 5.75 Å². The van der Waals surface area contributed by atoms with E-state index in [0.717, 1.165) is 23.1 Å². The second kappa shape index (κ2) is 4.99. The van der Waals surface area contributed by atoms with E-state index in [9.17, 15) is 14.7 Å². The highest BCUT2D eigenvalue weighted by atomic mass is 16.3. The van der Waals surface area contributed by atoms with Crippen molar-refractivity contribution in [3.63, 3.8) is 0 Å². The molecule has 0 radical (unpaired) electrons. The van der Waals surface area contributed by atoms with Gasteiger partial charge < -0.3 is 5.11 Å². The molecular formula is C18H18O3. The highest BCUT2D eigenvalue weighted by Crippen LogP contribution is 2.46. The van der Waals surface area contributed by atoms with Gasteiger partial charge in [0.25, 0.3) is 0 Å². The molecule has 2 aliphatic rings. The minimum absolute atomic E-state index is 0.121. The largest absolute Gasteiger partial charge is 0.508 e. The minimum Gasteiger partial charge on any atom is -0.508 e. The lowest BCUT2D eigenvalue weighted by atomic mass is 9.63. The summed E-state index contributed by atoms with van der Waals surface area (Å²) in [7, 11) is 0. The van der Waals surface area contributed by atoms with Crippen LogP contribution in [-0.4, -0.2) is 16.7 Å². The van der Waals surface area contributed by atoms with Gasteiger partial charge in [0, 0.05) is 6.42 Å². The van der Waals surface area contributed by atoms with Crippen LogP contribution in [0.1, 0.15) is 38.2 Å². The summed E-state index contributed by atoms with van der Waals surface area (Å²) in [5, 5.41) is 9.51. The van der Waals surface area contributed by atoms with E-state index in [2.05, 4.69) is 0 Å². The van der Waals surface area contributed by atoms with Gasteiger partial charge in [-0.1, -0.05) is 17.7 Å². The zero-order valence-corrected chi connectivity index (χ0v) is 12.1. The third kappa shape index (κ3) is 2.44. The summed E-state index contributed by atoms with van der Waals surface area (Å²) in [5.74, 6) is 0.453. The molecule has 0 heterocycles.